The molecule has 1 unspecified atom stereocenters. The number of allylic oxidation sites excluding steroid dienone is 2. The molecule has 1 aliphatic heterocycles. The number of benzene rings is 6. The Balaban J connectivity index is 1.11. The lowest BCUT2D eigenvalue weighted by atomic mass is 9.63. The quantitative estimate of drug-likeness (QED) is 0.190. The Bertz CT molecular complexity index is 2730. The smallest absolute Gasteiger partial charge is 0.160 e. The second-order valence-corrected chi connectivity index (χ2v) is 13.6. The van der Waals surface area contributed by atoms with Crippen molar-refractivity contribution < 1.29 is 9.15 Å². The molecule has 1 atom stereocenters. The van der Waals surface area contributed by atoms with E-state index in [0.29, 0.717) is 5.82 Å². The van der Waals surface area contributed by atoms with Crippen LogP contribution in [-0.2, 0) is 5.41 Å². The van der Waals surface area contributed by atoms with E-state index in [1.54, 1.807) is 0 Å². The third-order valence-electron chi connectivity index (χ3n) is 10.9. The van der Waals surface area contributed by atoms with E-state index in [-0.39, 0.29) is 6.10 Å². The maximum atomic E-state index is 6.93. The summed E-state index contributed by atoms with van der Waals surface area (Å²) in [7, 11) is 0. The third-order valence-corrected chi connectivity index (χ3v) is 10.9. The highest BCUT2D eigenvalue weighted by Gasteiger charge is 2.53. The normalized spacial score (nSPS) is 16.3. The van der Waals surface area contributed by atoms with Crippen LogP contribution in [-0.4, -0.2) is 16.1 Å². The number of ether oxygens (including phenoxy) is 1. The van der Waals surface area contributed by atoms with Crippen molar-refractivity contribution in [3.8, 4) is 50.8 Å². The predicted octanol–water partition coefficient (Wildman–Crippen LogP) is 11.3. The van der Waals surface area contributed by atoms with Crippen LogP contribution < -0.4 is 4.74 Å². The summed E-state index contributed by atoms with van der Waals surface area (Å²) in [6.45, 7) is 0. The van der Waals surface area contributed by atoms with E-state index in [0.717, 1.165) is 67.8 Å². The monoisotopic (exact) mass is 654 g/mol. The summed E-state index contributed by atoms with van der Waals surface area (Å²) >= 11 is 0. The van der Waals surface area contributed by atoms with Crippen LogP contribution in [0.25, 0.3) is 67.0 Å². The fourth-order valence-corrected chi connectivity index (χ4v) is 8.67. The number of hydrogen-bond donors (Lipinski definition) is 0. The SMILES string of the molecule is C1=CCC2Oc3cc(-c4nc(-c5ccccc5)cc(-c5ccc6c(c5)oc5ccccc56)n4)ccc3C3(C2=C1)c1ccccc1-c1ccccc13. The van der Waals surface area contributed by atoms with Gasteiger partial charge in [0.2, 0.25) is 0 Å². The van der Waals surface area contributed by atoms with Gasteiger partial charge in [0, 0.05) is 39.4 Å². The van der Waals surface area contributed by atoms with Gasteiger partial charge in [-0.25, -0.2) is 9.97 Å². The minimum atomic E-state index is -0.450. The molecule has 240 valence electrons. The summed E-state index contributed by atoms with van der Waals surface area (Å²) in [5.41, 5.74) is 13.5. The number of aromatic nitrogens is 2. The molecular formula is C47H30N2O2. The standard InChI is InChI=1S/C47H30N2O2/c1-2-12-29(13-3-1)40-28-41(30-22-24-35-34-16-6-10-20-42(34)50-44(35)26-30)49-46(48-40)31-23-25-39-45(27-31)51-43-21-11-9-19-38(43)47(39)36-17-7-4-14-32(36)33-15-5-8-18-37(33)47/h1-20,22-28,43H,21H2. The van der Waals surface area contributed by atoms with Crippen molar-refractivity contribution in [2.75, 3.05) is 0 Å². The maximum absolute atomic E-state index is 6.93. The summed E-state index contributed by atoms with van der Waals surface area (Å²) in [6.07, 6.45) is 7.41. The highest BCUT2D eigenvalue weighted by Crippen LogP contribution is 2.61. The molecule has 2 aliphatic carbocycles. The van der Waals surface area contributed by atoms with Crippen LogP contribution in [0, 0.1) is 0 Å². The first-order chi connectivity index (χ1) is 25.3. The van der Waals surface area contributed by atoms with E-state index in [4.69, 9.17) is 19.1 Å². The average molecular weight is 655 g/mol. The van der Waals surface area contributed by atoms with Crippen LogP contribution in [0.2, 0.25) is 0 Å². The summed E-state index contributed by atoms with van der Waals surface area (Å²) in [5, 5.41) is 2.20. The lowest BCUT2D eigenvalue weighted by Gasteiger charge is -2.45. The van der Waals surface area contributed by atoms with Gasteiger partial charge in [-0.3, -0.25) is 0 Å². The molecule has 6 aromatic carbocycles. The molecule has 0 radical (unpaired) electrons. The van der Waals surface area contributed by atoms with Gasteiger partial charge in [0.1, 0.15) is 23.0 Å². The zero-order valence-corrected chi connectivity index (χ0v) is 27.6. The third kappa shape index (κ3) is 4.08. The first-order valence-corrected chi connectivity index (χ1v) is 17.5. The van der Waals surface area contributed by atoms with Crippen LogP contribution in [0.5, 0.6) is 5.75 Å². The van der Waals surface area contributed by atoms with Gasteiger partial charge in [-0.05, 0) is 58.2 Å². The van der Waals surface area contributed by atoms with Gasteiger partial charge in [0.05, 0.1) is 16.8 Å². The van der Waals surface area contributed by atoms with Gasteiger partial charge in [-0.15, -0.1) is 0 Å². The van der Waals surface area contributed by atoms with Gasteiger partial charge in [-0.1, -0.05) is 133 Å². The lowest BCUT2D eigenvalue weighted by molar-refractivity contribution is 0.205. The second-order valence-electron chi connectivity index (χ2n) is 13.6. The van der Waals surface area contributed by atoms with E-state index >= 15 is 0 Å². The molecule has 0 bridgehead atoms. The van der Waals surface area contributed by atoms with Crippen LogP contribution in [0.3, 0.4) is 0 Å². The Morgan fingerprint density at radius 2 is 1.24 bits per heavy atom. The minimum absolute atomic E-state index is 0.0837. The van der Waals surface area contributed by atoms with Gasteiger partial charge in [0.15, 0.2) is 5.82 Å². The molecule has 8 aromatic rings. The molecular weight excluding hydrogens is 625 g/mol. The zero-order valence-electron chi connectivity index (χ0n) is 27.6. The fraction of sp³-hybridized carbons (Fsp3) is 0.0638. The molecule has 4 nitrogen and oxygen atoms in total. The van der Waals surface area contributed by atoms with Crippen molar-refractivity contribution in [1.29, 1.82) is 0 Å². The Labute approximate surface area is 295 Å². The molecule has 0 fully saturated rings. The van der Waals surface area contributed by atoms with E-state index in [1.165, 1.54) is 27.8 Å². The van der Waals surface area contributed by atoms with Gasteiger partial charge < -0.3 is 9.15 Å². The number of nitrogens with zero attached hydrogens (tertiary/aromatic N) is 2. The van der Waals surface area contributed by atoms with Crippen molar-refractivity contribution in [2.45, 2.75) is 17.9 Å². The Morgan fingerprint density at radius 3 is 2.06 bits per heavy atom. The molecule has 51 heavy (non-hydrogen) atoms. The number of para-hydroxylation sites is 1. The Kier molecular flexibility index (Phi) is 5.97. The predicted molar refractivity (Wildman–Crippen MR) is 204 cm³/mol. The van der Waals surface area contributed by atoms with Crippen LogP contribution >= 0.6 is 0 Å². The molecule has 0 saturated carbocycles. The molecule has 4 heteroatoms. The molecule has 1 spiro atoms. The van der Waals surface area contributed by atoms with E-state index in [1.807, 2.05) is 36.4 Å². The van der Waals surface area contributed by atoms with Crippen LogP contribution in [0.15, 0.2) is 174 Å². The topological polar surface area (TPSA) is 48.2 Å². The van der Waals surface area contributed by atoms with Crippen molar-refractivity contribution in [1.82, 2.24) is 9.97 Å². The first kappa shape index (κ1) is 28.3. The molecule has 3 heterocycles. The summed E-state index contributed by atoms with van der Waals surface area (Å²) in [5.74, 6) is 1.52. The van der Waals surface area contributed by atoms with Crippen molar-refractivity contribution in [2.24, 2.45) is 0 Å². The summed E-state index contributed by atoms with van der Waals surface area (Å²) in [6, 6.07) is 51.2. The highest BCUT2D eigenvalue weighted by atomic mass is 16.5. The average Bonchev–Trinajstić information content (AvgIpc) is 3.72. The van der Waals surface area contributed by atoms with E-state index in [2.05, 4.69) is 127 Å². The summed E-state index contributed by atoms with van der Waals surface area (Å²) < 4.78 is 13.2. The fourth-order valence-electron chi connectivity index (χ4n) is 8.67. The number of rotatable bonds is 3. The highest BCUT2D eigenvalue weighted by molar-refractivity contribution is 6.05. The zero-order chi connectivity index (χ0) is 33.5. The minimum Gasteiger partial charge on any atom is -0.485 e. The van der Waals surface area contributed by atoms with Gasteiger partial charge in [-0.2, -0.15) is 0 Å². The van der Waals surface area contributed by atoms with E-state index < -0.39 is 5.41 Å². The largest absolute Gasteiger partial charge is 0.485 e. The molecule has 2 aromatic heterocycles. The van der Waals surface area contributed by atoms with Gasteiger partial charge in [0.25, 0.3) is 0 Å². The molecule has 0 N–H and O–H groups in total. The lowest BCUT2D eigenvalue weighted by Crippen LogP contribution is -2.42. The van der Waals surface area contributed by atoms with E-state index in [9.17, 15) is 0 Å². The Hall–Kier alpha value is -6.52. The van der Waals surface area contributed by atoms with Gasteiger partial charge >= 0.3 is 0 Å². The molecule has 0 saturated heterocycles. The second kappa shape index (κ2) is 10.7. The number of furan rings is 1. The van der Waals surface area contributed by atoms with Crippen molar-refractivity contribution >= 4 is 21.9 Å². The van der Waals surface area contributed by atoms with Crippen molar-refractivity contribution in [3.63, 3.8) is 0 Å². The molecule has 11 rings (SSSR count). The maximum Gasteiger partial charge on any atom is 0.160 e. The molecule has 0 amide bonds. The number of hydrogen-bond acceptors (Lipinski definition) is 4. The van der Waals surface area contributed by atoms with Crippen LogP contribution in [0.4, 0.5) is 0 Å². The first-order valence-electron chi connectivity index (χ1n) is 17.5. The number of fused-ring (bicyclic) bond motifs is 12. The van der Waals surface area contributed by atoms with Crippen molar-refractivity contribution in [3.05, 3.63) is 186 Å². The van der Waals surface area contributed by atoms with Crippen LogP contribution in [0.1, 0.15) is 23.1 Å². The molecule has 3 aliphatic rings. The summed E-state index contributed by atoms with van der Waals surface area (Å²) in [4.78, 5) is 10.4. The Morgan fingerprint density at radius 1 is 0.549 bits per heavy atom.